The molecule has 0 aromatic carbocycles. The predicted octanol–water partition coefficient (Wildman–Crippen LogP) is 1.77. The lowest BCUT2D eigenvalue weighted by Gasteiger charge is -2.34. The molecular formula is C9H15ClN2O. The van der Waals surface area contributed by atoms with Gasteiger partial charge in [0.05, 0.1) is 12.5 Å². The SMILES string of the molecule is CC(C)(C)N(CCC#N)C(=O)CCl. The van der Waals surface area contributed by atoms with Crippen molar-refractivity contribution in [2.45, 2.75) is 32.7 Å². The van der Waals surface area contributed by atoms with Crippen molar-refractivity contribution in [2.24, 2.45) is 0 Å². The van der Waals surface area contributed by atoms with Gasteiger partial charge in [-0.15, -0.1) is 11.6 Å². The molecule has 0 N–H and O–H groups in total. The van der Waals surface area contributed by atoms with Crippen LogP contribution in [0.2, 0.25) is 0 Å². The highest BCUT2D eigenvalue weighted by atomic mass is 35.5. The largest absolute Gasteiger partial charge is 0.336 e. The smallest absolute Gasteiger partial charge is 0.237 e. The summed E-state index contributed by atoms with van der Waals surface area (Å²) in [5.41, 5.74) is -0.261. The Kier molecular flexibility index (Phi) is 4.79. The Morgan fingerprint density at radius 3 is 2.38 bits per heavy atom. The topological polar surface area (TPSA) is 44.1 Å². The minimum absolute atomic E-state index is 0.0251. The lowest BCUT2D eigenvalue weighted by Crippen LogP contribution is -2.46. The van der Waals surface area contributed by atoms with Crippen LogP contribution in [0.15, 0.2) is 0 Å². The summed E-state index contributed by atoms with van der Waals surface area (Å²) in [5.74, 6) is -0.146. The van der Waals surface area contributed by atoms with Crippen LogP contribution in [0.5, 0.6) is 0 Å². The van der Waals surface area contributed by atoms with Crippen LogP contribution >= 0.6 is 11.6 Å². The van der Waals surface area contributed by atoms with Gasteiger partial charge in [0, 0.05) is 12.1 Å². The van der Waals surface area contributed by atoms with Crippen molar-refractivity contribution in [3.8, 4) is 6.07 Å². The number of halogens is 1. The number of carbonyl (C=O) groups is 1. The van der Waals surface area contributed by atoms with Crippen molar-refractivity contribution < 1.29 is 4.79 Å². The second-order valence-electron chi connectivity index (χ2n) is 3.76. The number of alkyl halides is 1. The zero-order valence-electron chi connectivity index (χ0n) is 8.30. The molecule has 0 atom stereocenters. The second-order valence-corrected chi connectivity index (χ2v) is 4.03. The van der Waals surface area contributed by atoms with Gasteiger partial charge in [0.1, 0.15) is 5.88 Å². The number of rotatable bonds is 3. The molecule has 0 unspecified atom stereocenters. The molecular weight excluding hydrogens is 188 g/mol. The first kappa shape index (κ1) is 12.2. The van der Waals surface area contributed by atoms with Gasteiger partial charge in [0.15, 0.2) is 0 Å². The molecule has 0 aliphatic carbocycles. The zero-order valence-corrected chi connectivity index (χ0v) is 9.06. The molecule has 0 radical (unpaired) electrons. The van der Waals surface area contributed by atoms with Gasteiger partial charge in [-0.25, -0.2) is 0 Å². The Hall–Kier alpha value is -0.750. The monoisotopic (exact) mass is 202 g/mol. The van der Waals surface area contributed by atoms with E-state index in [4.69, 9.17) is 16.9 Å². The maximum absolute atomic E-state index is 11.3. The molecule has 0 heterocycles. The van der Waals surface area contributed by atoms with Gasteiger partial charge < -0.3 is 4.90 Å². The molecule has 1 amide bonds. The van der Waals surface area contributed by atoms with E-state index in [1.807, 2.05) is 26.8 Å². The van der Waals surface area contributed by atoms with Crippen LogP contribution in [0.1, 0.15) is 27.2 Å². The first-order valence-corrected chi connectivity index (χ1v) is 4.70. The van der Waals surface area contributed by atoms with E-state index in [0.717, 1.165) is 0 Å². The van der Waals surface area contributed by atoms with Crippen molar-refractivity contribution in [3.05, 3.63) is 0 Å². The van der Waals surface area contributed by atoms with Crippen LogP contribution in [0.3, 0.4) is 0 Å². The maximum atomic E-state index is 11.3. The molecule has 13 heavy (non-hydrogen) atoms. The summed E-state index contributed by atoms with van der Waals surface area (Å²) in [5, 5.41) is 8.41. The van der Waals surface area contributed by atoms with Crippen molar-refractivity contribution >= 4 is 17.5 Å². The van der Waals surface area contributed by atoms with E-state index in [1.165, 1.54) is 0 Å². The lowest BCUT2D eigenvalue weighted by molar-refractivity contribution is -0.133. The summed E-state index contributed by atoms with van der Waals surface area (Å²) < 4.78 is 0. The molecule has 4 heteroatoms. The molecule has 0 spiro atoms. The van der Waals surface area contributed by atoms with E-state index in [9.17, 15) is 4.79 Å². The number of hydrogen-bond donors (Lipinski definition) is 0. The van der Waals surface area contributed by atoms with Gasteiger partial charge >= 0.3 is 0 Å². The summed E-state index contributed by atoms with van der Waals surface area (Å²) in [6.45, 7) is 6.23. The maximum Gasteiger partial charge on any atom is 0.237 e. The molecule has 0 aliphatic heterocycles. The van der Waals surface area contributed by atoms with Gasteiger partial charge in [-0.05, 0) is 20.8 Å². The Morgan fingerprint density at radius 1 is 1.54 bits per heavy atom. The zero-order chi connectivity index (χ0) is 10.5. The van der Waals surface area contributed by atoms with Crippen LogP contribution in [-0.4, -0.2) is 28.8 Å². The summed E-state index contributed by atoms with van der Waals surface area (Å²) in [6.07, 6.45) is 0.347. The van der Waals surface area contributed by atoms with Crippen LogP contribution < -0.4 is 0 Å². The standard InChI is InChI=1S/C9H15ClN2O/c1-9(2,3)12(6-4-5-11)8(13)7-10/h4,6-7H2,1-3H3. The average Bonchev–Trinajstić information content (AvgIpc) is 2.02. The molecule has 0 bridgehead atoms. The summed E-state index contributed by atoms with van der Waals surface area (Å²) in [4.78, 5) is 13.0. The Balaban J connectivity index is 4.39. The first-order valence-electron chi connectivity index (χ1n) is 4.17. The number of nitriles is 1. The first-order chi connectivity index (χ1) is 5.93. The van der Waals surface area contributed by atoms with Crippen molar-refractivity contribution in [2.75, 3.05) is 12.4 Å². The Bertz CT molecular complexity index is 215. The summed E-state index contributed by atoms with van der Waals surface area (Å²) in [7, 11) is 0. The highest BCUT2D eigenvalue weighted by Crippen LogP contribution is 2.14. The van der Waals surface area contributed by atoms with Gasteiger partial charge in [0.25, 0.3) is 0 Å². The van der Waals surface area contributed by atoms with Crippen molar-refractivity contribution in [1.29, 1.82) is 5.26 Å². The number of hydrogen-bond acceptors (Lipinski definition) is 2. The molecule has 0 rings (SSSR count). The van der Waals surface area contributed by atoms with Gasteiger partial charge in [0.2, 0.25) is 5.91 Å². The number of amides is 1. The van der Waals surface area contributed by atoms with Crippen molar-refractivity contribution in [3.63, 3.8) is 0 Å². The van der Waals surface area contributed by atoms with Crippen LogP contribution in [0.4, 0.5) is 0 Å². The third-order valence-electron chi connectivity index (χ3n) is 1.67. The number of carbonyl (C=O) groups excluding carboxylic acids is 1. The second kappa shape index (κ2) is 5.08. The van der Waals surface area contributed by atoms with Crippen LogP contribution in [-0.2, 0) is 4.79 Å². The number of nitrogens with zero attached hydrogens (tertiary/aromatic N) is 2. The molecule has 0 aromatic rings. The molecule has 74 valence electrons. The van der Waals surface area contributed by atoms with E-state index in [0.29, 0.717) is 13.0 Å². The quantitative estimate of drug-likeness (QED) is 0.655. The van der Waals surface area contributed by atoms with Crippen LogP contribution in [0.25, 0.3) is 0 Å². The average molecular weight is 203 g/mol. The highest BCUT2D eigenvalue weighted by molar-refractivity contribution is 6.27. The van der Waals surface area contributed by atoms with Gasteiger partial charge in [-0.1, -0.05) is 0 Å². The van der Waals surface area contributed by atoms with Gasteiger partial charge in [-0.2, -0.15) is 5.26 Å². The molecule has 0 saturated carbocycles. The third kappa shape index (κ3) is 4.14. The molecule has 0 aliphatic rings. The minimum Gasteiger partial charge on any atom is -0.336 e. The van der Waals surface area contributed by atoms with E-state index < -0.39 is 0 Å². The van der Waals surface area contributed by atoms with E-state index in [2.05, 4.69) is 0 Å². The molecule has 0 fully saturated rings. The fourth-order valence-corrected chi connectivity index (χ4v) is 1.21. The predicted molar refractivity (Wildman–Crippen MR) is 52.4 cm³/mol. The molecule has 3 nitrogen and oxygen atoms in total. The van der Waals surface area contributed by atoms with E-state index >= 15 is 0 Å². The normalized spacial score (nSPS) is 10.7. The Morgan fingerprint density at radius 2 is 2.08 bits per heavy atom. The van der Waals surface area contributed by atoms with Crippen LogP contribution in [0, 0.1) is 11.3 Å². The lowest BCUT2D eigenvalue weighted by atomic mass is 10.1. The molecule has 0 saturated heterocycles. The van der Waals surface area contributed by atoms with Crippen molar-refractivity contribution in [1.82, 2.24) is 4.90 Å². The van der Waals surface area contributed by atoms with E-state index in [1.54, 1.807) is 4.90 Å². The fourth-order valence-electron chi connectivity index (χ4n) is 1.07. The minimum atomic E-state index is -0.261. The highest BCUT2D eigenvalue weighted by Gasteiger charge is 2.24. The third-order valence-corrected chi connectivity index (χ3v) is 1.90. The summed E-state index contributed by atoms with van der Waals surface area (Å²) in [6, 6.07) is 2.01. The van der Waals surface area contributed by atoms with E-state index in [-0.39, 0.29) is 17.3 Å². The fraction of sp³-hybridized carbons (Fsp3) is 0.778. The Labute approximate surface area is 84.3 Å². The molecule has 0 aromatic heterocycles. The summed E-state index contributed by atoms with van der Waals surface area (Å²) >= 11 is 5.46. The van der Waals surface area contributed by atoms with Gasteiger partial charge in [-0.3, -0.25) is 4.79 Å².